The van der Waals surface area contributed by atoms with Gasteiger partial charge in [-0.2, -0.15) is 8.42 Å². The molecule has 1 aliphatic heterocycles. The molecule has 12 nitrogen and oxygen atoms in total. The number of esters is 1. The molecule has 0 aromatic rings. The molecular weight excluding hydrogens is 753 g/mol. The van der Waals surface area contributed by atoms with Crippen molar-refractivity contribution in [2.24, 2.45) is 0 Å². The van der Waals surface area contributed by atoms with Gasteiger partial charge in [0.15, 0.2) is 6.29 Å². The first-order chi connectivity index (χ1) is 27.6. The van der Waals surface area contributed by atoms with Gasteiger partial charge in [-0.3, -0.25) is 9.35 Å². The fraction of sp³-hybridized carbons (Fsp3) is 0.841. The van der Waals surface area contributed by atoms with E-state index in [2.05, 4.69) is 54.5 Å². The molecule has 57 heavy (non-hydrogen) atoms. The van der Waals surface area contributed by atoms with E-state index >= 15 is 0 Å². The molecule has 334 valence electrons. The number of unbranched alkanes of at least 4 members (excludes halogenated alkanes) is 19. The van der Waals surface area contributed by atoms with Crippen LogP contribution in [0.25, 0.3) is 0 Å². The van der Waals surface area contributed by atoms with Crippen molar-refractivity contribution in [1.82, 2.24) is 0 Å². The summed E-state index contributed by atoms with van der Waals surface area (Å²) < 4.78 is 58.9. The Hall–Kier alpha value is -1.68. The molecule has 0 bridgehead atoms. The monoisotopic (exact) mass is 833 g/mol. The Morgan fingerprint density at radius 3 is 1.72 bits per heavy atom. The third-order valence-electron chi connectivity index (χ3n) is 10.0. The molecule has 1 rings (SSSR count). The molecule has 6 atom stereocenters. The maximum absolute atomic E-state index is 12.8. The summed E-state index contributed by atoms with van der Waals surface area (Å²) in [6, 6.07) is 0. The quantitative estimate of drug-likeness (QED) is 0.0201. The Morgan fingerprint density at radius 1 is 0.667 bits per heavy atom. The highest BCUT2D eigenvalue weighted by atomic mass is 32.3. The molecule has 1 aliphatic rings. The summed E-state index contributed by atoms with van der Waals surface area (Å²) in [6.07, 6.45) is 31.7. The van der Waals surface area contributed by atoms with Crippen molar-refractivity contribution in [2.75, 3.05) is 26.4 Å². The fourth-order valence-electron chi connectivity index (χ4n) is 6.62. The molecule has 0 radical (unpaired) electrons. The van der Waals surface area contributed by atoms with Crippen LogP contribution in [-0.2, 0) is 38.3 Å². The minimum Gasteiger partial charge on any atom is -0.457 e. The lowest BCUT2D eigenvalue weighted by Gasteiger charge is -2.41. The summed E-state index contributed by atoms with van der Waals surface area (Å²) in [5, 5.41) is 30.6. The van der Waals surface area contributed by atoms with Gasteiger partial charge in [-0.15, -0.1) is 0 Å². The number of carbonyl (C=O) groups is 1. The number of hydrogen-bond acceptors (Lipinski definition) is 11. The Labute approximate surface area is 345 Å². The minimum absolute atomic E-state index is 0.0323. The van der Waals surface area contributed by atoms with Gasteiger partial charge in [0.2, 0.25) is 0 Å². The van der Waals surface area contributed by atoms with E-state index in [1.54, 1.807) is 0 Å². The highest BCUT2D eigenvalue weighted by molar-refractivity contribution is 7.80. The molecule has 6 unspecified atom stereocenters. The molecule has 13 heteroatoms. The summed E-state index contributed by atoms with van der Waals surface area (Å²) >= 11 is 0. The SMILES string of the molecule is CCCCC/C=C\C/C=C\C/C=C\CCCCCCCCC(=O)OC(COCCCCCCCCCCCCC)COC1OC(CO)C(O)C(OS(=O)(=O)O)C1O. The topological polar surface area (TPSA) is 178 Å². The maximum Gasteiger partial charge on any atom is 0.397 e. The molecule has 0 aromatic carbocycles. The summed E-state index contributed by atoms with van der Waals surface area (Å²) in [6.45, 7) is 3.94. The number of rotatable bonds is 38. The second-order valence-electron chi connectivity index (χ2n) is 15.3. The van der Waals surface area contributed by atoms with Gasteiger partial charge in [0.05, 0.1) is 19.8 Å². The Morgan fingerprint density at radius 2 is 1.16 bits per heavy atom. The first-order valence-corrected chi connectivity index (χ1v) is 23.6. The lowest BCUT2D eigenvalue weighted by atomic mass is 9.99. The zero-order chi connectivity index (χ0) is 41.8. The number of aliphatic hydroxyl groups excluding tert-OH is 3. The molecular formula is C44H80O12S. The van der Waals surface area contributed by atoms with E-state index in [0.717, 1.165) is 70.6 Å². The van der Waals surface area contributed by atoms with Gasteiger partial charge in [0, 0.05) is 13.0 Å². The number of carbonyl (C=O) groups excluding carboxylic acids is 1. The summed E-state index contributed by atoms with van der Waals surface area (Å²) in [4.78, 5) is 12.8. The summed E-state index contributed by atoms with van der Waals surface area (Å²) in [5.41, 5.74) is 0. The van der Waals surface area contributed by atoms with E-state index in [4.69, 9.17) is 23.5 Å². The van der Waals surface area contributed by atoms with E-state index in [1.165, 1.54) is 77.0 Å². The first kappa shape index (κ1) is 53.3. The van der Waals surface area contributed by atoms with Crippen LogP contribution in [0.2, 0.25) is 0 Å². The predicted molar refractivity (Wildman–Crippen MR) is 225 cm³/mol. The lowest BCUT2D eigenvalue weighted by Crippen LogP contribution is -2.60. The van der Waals surface area contributed by atoms with Crippen LogP contribution in [-0.4, -0.2) is 97.5 Å². The smallest absolute Gasteiger partial charge is 0.397 e. The fourth-order valence-corrected chi connectivity index (χ4v) is 7.13. The maximum atomic E-state index is 12.8. The third kappa shape index (κ3) is 30.1. The van der Waals surface area contributed by atoms with Gasteiger partial charge in [-0.05, 0) is 51.4 Å². The molecule has 0 aliphatic carbocycles. The molecule has 1 fully saturated rings. The number of hydrogen-bond donors (Lipinski definition) is 4. The van der Waals surface area contributed by atoms with Crippen LogP contribution in [0.3, 0.4) is 0 Å². The molecule has 0 saturated carbocycles. The third-order valence-corrected chi connectivity index (χ3v) is 10.5. The number of allylic oxidation sites excluding steroid dienone is 6. The molecule has 0 amide bonds. The van der Waals surface area contributed by atoms with Gasteiger partial charge >= 0.3 is 16.4 Å². The van der Waals surface area contributed by atoms with Crippen LogP contribution in [0.4, 0.5) is 0 Å². The van der Waals surface area contributed by atoms with E-state index < -0.39 is 59.8 Å². The van der Waals surface area contributed by atoms with Crippen molar-refractivity contribution in [3.63, 3.8) is 0 Å². The highest BCUT2D eigenvalue weighted by Gasteiger charge is 2.48. The first-order valence-electron chi connectivity index (χ1n) is 22.2. The molecule has 4 N–H and O–H groups in total. The average molecular weight is 833 g/mol. The molecule has 1 heterocycles. The van der Waals surface area contributed by atoms with Crippen LogP contribution in [0.15, 0.2) is 36.5 Å². The van der Waals surface area contributed by atoms with Crippen molar-refractivity contribution >= 4 is 16.4 Å². The minimum atomic E-state index is -5.06. The van der Waals surface area contributed by atoms with E-state index in [-0.39, 0.29) is 19.6 Å². The van der Waals surface area contributed by atoms with Crippen LogP contribution < -0.4 is 0 Å². The van der Waals surface area contributed by atoms with Crippen LogP contribution in [0.5, 0.6) is 0 Å². The van der Waals surface area contributed by atoms with E-state index in [0.29, 0.717) is 13.0 Å². The largest absolute Gasteiger partial charge is 0.457 e. The van der Waals surface area contributed by atoms with E-state index in [1.807, 2.05) is 0 Å². The zero-order valence-corrected chi connectivity index (χ0v) is 36.2. The average Bonchev–Trinajstić information content (AvgIpc) is 3.18. The molecule has 1 saturated heterocycles. The number of aliphatic hydroxyl groups is 3. The van der Waals surface area contributed by atoms with E-state index in [9.17, 15) is 28.5 Å². The van der Waals surface area contributed by atoms with Gasteiger partial charge in [0.25, 0.3) is 0 Å². The second-order valence-corrected chi connectivity index (χ2v) is 16.3. The second kappa shape index (κ2) is 36.2. The van der Waals surface area contributed by atoms with Crippen molar-refractivity contribution in [2.45, 2.75) is 211 Å². The Balaban J connectivity index is 2.43. The molecule has 0 aromatic heterocycles. The zero-order valence-electron chi connectivity index (χ0n) is 35.4. The van der Waals surface area contributed by atoms with Crippen molar-refractivity contribution in [3.8, 4) is 0 Å². The van der Waals surface area contributed by atoms with Gasteiger partial charge in [-0.25, -0.2) is 4.18 Å². The van der Waals surface area contributed by atoms with Crippen LogP contribution in [0.1, 0.15) is 174 Å². The predicted octanol–water partition coefficient (Wildman–Crippen LogP) is 9.02. The number of ether oxygens (including phenoxy) is 4. The van der Waals surface area contributed by atoms with Crippen LogP contribution >= 0.6 is 0 Å². The van der Waals surface area contributed by atoms with Crippen molar-refractivity contribution in [3.05, 3.63) is 36.5 Å². The Bertz CT molecular complexity index is 1140. The summed E-state index contributed by atoms with van der Waals surface area (Å²) in [5.74, 6) is -0.412. The Kier molecular flexibility index (Phi) is 33.9. The normalized spacial score (nSPS) is 21.0. The lowest BCUT2D eigenvalue weighted by molar-refractivity contribution is -0.301. The summed E-state index contributed by atoms with van der Waals surface area (Å²) in [7, 11) is -5.06. The molecule has 0 spiro atoms. The highest BCUT2D eigenvalue weighted by Crippen LogP contribution is 2.26. The van der Waals surface area contributed by atoms with Crippen molar-refractivity contribution in [1.29, 1.82) is 0 Å². The van der Waals surface area contributed by atoms with Crippen LogP contribution in [0, 0.1) is 0 Å². The standard InChI is InChI=1S/C44H80O12S/c1-3-5-7-9-11-13-15-16-17-18-19-20-21-22-23-25-27-29-31-33-40(46)54-38(36-52-34-32-30-28-26-24-14-12-10-8-6-4-2)37-53-44-42(48)43(56-57(49,50)51)41(47)39(35-45)55-44/h11,13,16-17,19-20,38-39,41-45,47-48H,3-10,12,14-15,18,21-37H2,1-2H3,(H,49,50,51)/b13-11-,17-16-,20-19-. The van der Waals surface area contributed by atoms with Gasteiger partial charge in [0.1, 0.15) is 30.5 Å². The van der Waals surface area contributed by atoms with Gasteiger partial charge in [-0.1, -0.05) is 153 Å². The van der Waals surface area contributed by atoms with Crippen molar-refractivity contribution < 1.29 is 56.2 Å². The van der Waals surface area contributed by atoms with Gasteiger partial charge < -0.3 is 34.3 Å².